The molecule has 0 bridgehead atoms. The van der Waals surface area contributed by atoms with Gasteiger partial charge in [-0.1, -0.05) is 111 Å². The zero-order chi connectivity index (χ0) is 48.2. The monoisotopic (exact) mass is 902 g/mol. The first-order valence-corrected chi connectivity index (χ1v) is 21.7. The maximum atomic E-state index is 13.6. The van der Waals surface area contributed by atoms with Gasteiger partial charge in [0.15, 0.2) is 30.7 Å². The van der Waals surface area contributed by atoms with Crippen LogP contribution in [0.1, 0.15) is 111 Å². The van der Waals surface area contributed by atoms with E-state index in [9.17, 15) is 38.4 Å². The second-order valence-electron chi connectivity index (χ2n) is 18.1. The number of hydrogen-bond acceptors (Lipinski definition) is 19. The van der Waals surface area contributed by atoms with Crippen molar-refractivity contribution >= 4 is 47.8 Å². The van der Waals surface area contributed by atoms with Crippen LogP contribution in [-0.2, 0) is 90.5 Å². The van der Waals surface area contributed by atoms with E-state index < -0.39 is 170 Å². The molecule has 19 heteroatoms. The summed E-state index contributed by atoms with van der Waals surface area (Å²) in [4.78, 5) is 106. The molecule has 0 aliphatic carbocycles. The molecule has 0 saturated carbocycles. The second-order valence-corrected chi connectivity index (χ2v) is 18.1. The van der Waals surface area contributed by atoms with Crippen LogP contribution >= 0.6 is 0 Å². The summed E-state index contributed by atoms with van der Waals surface area (Å²) in [6.07, 6.45) is -16.9. The maximum Gasteiger partial charge on any atom is 0.310 e. The van der Waals surface area contributed by atoms with Gasteiger partial charge in [0.05, 0.1) is 47.3 Å². The molecular formula is C44H70O19. The van der Waals surface area contributed by atoms with Crippen LogP contribution in [0, 0.1) is 47.3 Å². The van der Waals surface area contributed by atoms with E-state index in [4.69, 9.17) is 52.1 Å². The Hall–Kier alpha value is -4.36. The van der Waals surface area contributed by atoms with Gasteiger partial charge in [-0.25, -0.2) is 0 Å². The van der Waals surface area contributed by atoms with E-state index in [1.807, 2.05) is 0 Å². The molecular weight excluding hydrogens is 832 g/mol. The number of hydrogen-bond donors (Lipinski definition) is 0. The molecule has 0 spiro atoms. The molecule has 2 rings (SSSR count). The van der Waals surface area contributed by atoms with Gasteiger partial charge in [0.1, 0.15) is 31.5 Å². The van der Waals surface area contributed by atoms with Crippen LogP contribution in [0.3, 0.4) is 0 Å². The number of carbonyl (C=O) groups is 8. The van der Waals surface area contributed by atoms with Crippen LogP contribution in [0.15, 0.2) is 0 Å². The lowest BCUT2D eigenvalue weighted by Crippen LogP contribution is -2.68. The molecule has 2 saturated heterocycles. The SMILES string of the molecule is CC(C)C(=O)OC[C@H]1O[C@H](O[C@H]2[C@H](OC(=O)C(C)C)[C@@H](OC(=O)C(C)C)[C@H](OC(=O)C(C)C)O[C@@H]2COC(=O)C(C)C)[C@H](OC(=O)C(C)C)[C@@H](OC(=O)C(C)C)[C@@H]1OC(=O)C(C)C. The van der Waals surface area contributed by atoms with E-state index in [0.29, 0.717) is 0 Å². The van der Waals surface area contributed by atoms with Crippen molar-refractivity contribution in [2.24, 2.45) is 47.3 Å². The average Bonchev–Trinajstić information content (AvgIpc) is 3.19. The topological polar surface area (TPSA) is 238 Å². The van der Waals surface area contributed by atoms with Gasteiger partial charge in [0.25, 0.3) is 0 Å². The Labute approximate surface area is 370 Å². The fraction of sp³-hybridized carbons (Fsp3) is 0.818. The van der Waals surface area contributed by atoms with Gasteiger partial charge in [0, 0.05) is 0 Å². The van der Waals surface area contributed by atoms with Crippen LogP contribution < -0.4 is 0 Å². The van der Waals surface area contributed by atoms with Crippen LogP contribution in [0.4, 0.5) is 0 Å². The summed E-state index contributed by atoms with van der Waals surface area (Å²) in [5, 5.41) is 0. The second kappa shape index (κ2) is 24.6. The van der Waals surface area contributed by atoms with E-state index >= 15 is 0 Å². The number of carbonyl (C=O) groups excluding carboxylic acids is 8. The van der Waals surface area contributed by atoms with Gasteiger partial charge < -0.3 is 52.1 Å². The Balaban J connectivity index is 3.04. The van der Waals surface area contributed by atoms with Crippen molar-refractivity contribution in [2.45, 2.75) is 172 Å². The van der Waals surface area contributed by atoms with Crippen molar-refractivity contribution in [1.29, 1.82) is 0 Å². The summed E-state index contributed by atoms with van der Waals surface area (Å²) in [6.45, 7) is 23.6. The zero-order valence-corrected chi connectivity index (χ0v) is 39.6. The predicted octanol–water partition coefficient (Wildman–Crippen LogP) is 4.26. The molecule has 10 atom stereocenters. The smallest absolute Gasteiger partial charge is 0.310 e. The molecule has 2 aliphatic heterocycles. The van der Waals surface area contributed by atoms with Gasteiger partial charge in [-0.15, -0.1) is 0 Å². The van der Waals surface area contributed by atoms with Crippen molar-refractivity contribution in [3.8, 4) is 0 Å². The minimum absolute atomic E-state index is 0.599. The van der Waals surface area contributed by atoms with Crippen LogP contribution in [0.5, 0.6) is 0 Å². The van der Waals surface area contributed by atoms with E-state index in [2.05, 4.69) is 0 Å². The lowest BCUT2D eigenvalue weighted by atomic mass is 9.95. The molecule has 0 aromatic heterocycles. The Morgan fingerprint density at radius 2 is 0.571 bits per heavy atom. The third-order valence-corrected chi connectivity index (χ3v) is 9.52. The Kier molecular flexibility index (Phi) is 21.4. The normalized spacial score (nSPS) is 26.2. The number of rotatable bonds is 20. The molecule has 63 heavy (non-hydrogen) atoms. The van der Waals surface area contributed by atoms with Crippen LogP contribution in [-0.4, -0.2) is 122 Å². The lowest BCUT2D eigenvalue weighted by molar-refractivity contribution is -0.359. The molecule has 0 aromatic rings. The van der Waals surface area contributed by atoms with Gasteiger partial charge >= 0.3 is 47.8 Å². The summed E-state index contributed by atoms with van der Waals surface area (Å²) in [6, 6.07) is 0. The molecule has 0 amide bonds. The first kappa shape index (κ1) is 54.8. The number of esters is 8. The van der Waals surface area contributed by atoms with Crippen molar-refractivity contribution in [3.63, 3.8) is 0 Å². The molecule has 0 unspecified atom stereocenters. The Bertz CT molecular complexity index is 1580. The molecule has 0 aromatic carbocycles. The molecule has 2 heterocycles. The van der Waals surface area contributed by atoms with Crippen molar-refractivity contribution < 1.29 is 90.5 Å². The molecule has 2 aliphatic rings. The van der Waals surface area contributed by atoms with Gasteiger partial charge in [-0.2, -0.15) is 0 Å². The van der Waals surface area contributed by atoms with Gasteiger partial charge in [0.2, 0.25) is 12.4 Å². The summed E-state index contributed by atoms with van der Waals surface area (Å²) < 4.78 is 65.9. The minimum Gasteiger partial charge on any atom is -0.463 e. The van der Waals surface area contributed by atoms with E-state index in [1.165, 1.54) is 41.5 Å². The first-order chi connectivity index (χ1) is 29.2. The highest BCUT2D eigenvalue weighted by atomic mass is 16.8. The van der Waals surface area contributed by atoms with Gasteiger partial charge in [-0.05, 0) is 0 Å². The van der Waals surface area contributed by atoms with Crippen molar-refractivity contribution in [1.82, 2.24) is 0 Å². The van der Waals surface area contributed by atoms with Gasteiger partial charge in [-0.3, -0.25) is 38.4 Å². The molecule has 0 N–H and O–H groups in total. The fourth-order valence-electron chi connectivity index (χ4n) is 5.47. The zero-order valence-electron chi connectivity index (χ0n) is 39.6. The maximum absolute atomic E-state index is 13.6. The molecule has 2 fully saturated rings. The molecule has 0 radical (unpaired) electrons. The third-order valence-electron chi connectivity index (χ3n) is 9.52. The first-order valence-electron chi connectivity index (χ1n) is 21.7. The standard InChI is InChI=1S/C44H70O19/c1-19(2)35(45)53-17-27-29(57-37(47)21(5)6)31(58-38(48)22(7)8)33(60-40(50)24(11)12)43(55-27)62-30-28(18-54-36(46)20(3)4)56-44(63-42(52)26(15)16)34(61-41(51)25(13)14)32(30)59-39(49)23(9)10/h19-34,43-44H,17-18H2,1-16H3/t27-,28-,29-,30-,31+,32+,33-,34-,43-,44+/m1/s1. The lowest BCUT2D eigenvalue weighted by Gasteiger charge is -2.49. The van der Waals surface area contributed by atoms with Crippen LogP contribution in [0.25, 0.3) is 0 Å². The predicted molar refractivity (Wildman–Crippen MR) is 218 cm³/mol. The summed E-state index contributed by atoms with van der Waals surface area (Å²) in [7, 11) is 0. The van der Waals surface area contributed by atoms with Crippen LogP contribution in [0.2, 0.25) is 0 Å². The largest absolute Gasteiger partial charge is 0.463 e. The number of ether oxygens (including phenoxy) is 11. The summed E-state index contributed by atoms with van der Waals surface area (Å²) in [5.41, 5.74) is 0. The highest BCUT2D eigenvalue weighted by molar-refractivity contribution is 5.75. The molecule has 360 valence electrons. The average molecular weight is 903 g/mol. The quantitative estimate of drug-likeness (QED) is 0.123. The third kappa shape index (κ3) is 16.0. The fourth-order valence-corrected chi connectivity index (χ4v) is 5.47. The van der Waals surface area contributed by atoms with E-state index in [-0.39, 0.29) is 0 Å². The highest BCUT2D eigenvalue weighted by Gasteiger charge is 2.59. The van der Waals surface area contributed by atoms with Crippen molar-refractivity contribution in [3.05, 3.63) is 0 Å². The summed E-state index contributed by atoms with van der Waals surface area (Å²) >= 11 is 0. The van der Waals surface area contributed by atoms with E-state index in [0.717, 1.165) is 0 Å². The minimum atomic E-state index is -1.89. The summed E-state index contributed by atoms with van der Waals surface area (Å²) in [5.74, 6) is -12.0. The van der Waals surface area contributed by atoms with Crippen molar-refractivity contribution in [2.75, 3.05) is 13.2 Å². The van der Waals surface area contributed by atoms with E-state index in [1.54, 1.807) is 69.2 Å². The highest BCUT2D eigenvalue weighted by Crippen LogP contribution is 2.37. The Morgan fingerprint density at radius 1 is 0.317 bits per heavy atom. The Morgan fingerprint density at radius 3 is 0.921 bits per heavy atom. The molecule has 19 nitrogen and oxygen atoms in total.